The monoisotopic (exact) mass is 198 g/mol. The Morgan fingerprint density at radius 1 is 1.57 bits per heavy atom. The van der Waals surface area contributed by atoms with Crippen LogP contribution in [0.15, 0.2) is 0 Å². The molecule has 2 aliphatic rings. The normalized spacial score (nSPS) is 36.8. The lowest BCUT2D eigenvalue weighted by molar-refractivity contribution is -0.133. The summed E-state index contributed by atoms with van der Waals surface area (Å²) in [5.41, 5.74) is -0.198. The Morgan fingerprint density at radius 3 is 2.71 bits per heavy atom. The molecule has 4 nitrogen and oxygen atoms in total. The van der Waals surface area contributed by atoms with Crippen molar-refractivity contribution in [1.29, 1.82) is 0 Å². The van der Waals surface area contributed by atoms with Crippen LogP contribution in [0.1, 0.15) is 27.2 Å². The first-order valence-electron chi connectivity index (χ1n) is 5.21. The van der Waals surface area contributed by atoms with Crippen molar-refractivity contribution in [2.24, 2.45) is 0 Å². The molecule has 2 unspecified atom stereocenters. The van der Waals surface area contributed by atoms with E-state index in [0.717, 1.165) is 13.0 Å². The summed E-state index contributed by atoms with van der Waals surface area (Å²) in [5.74, 6) is 0.195. The summed E-state index contributed by atoms with van der Waals surface area (Å²) in [6, 6.07) is 0.222. The minimum atomic E-state index is -0.198. The van der Waals surface area contributed by atoms with Crippen molar-refractivity contribution in [2.75, 3.05) is 13.2 Å². The Morgan fingerprint density at radius 2 is 2.29 bits per heavy atom. The Hall–Kier alpha value is -0.610. The Bertz CT molecular complexity index is 253. The van der Waals surface area contributed by atoms with Crippen molar-refractivity contribution >= 4 is 5.91 Å². The fraction of sp³-hybridized carbons (Fsp3) is 0.900. The van der Waals surface area contributed by atoms with Crippen molar-refractivity contribution in [3.63, 3.8) is 0 Å². The number of nitrogens with zero attached hydrogens (tertiary/aromatic N) is 1. The lowest BCUT2D eigenvalue weighted by atomic mass is 9.97. The van der Waals surface area contributed by atoms with Crippen LogP contribution in [0, 0.1) is 0 Å². The van der Waals surface area contributed by atoms with Gasteiger partial charge in [-0.15, -0.1) is 0 Å². The van der Waals surface area contributed by atoms with Crippen molar-refractivity contribution in [3.8, 4) is 0 Å². The predicted molar refractivity (Wildman–Crippen MR) is 52.7 cm³/mol. The van der Waals surface area contributed by atoms with E-state index >= 15 is 0 Å². The van der Waals surface area contributed by atoms with Gasteiger partial charge in [0, 0.05) is 6.61 Å². The number of amides is 1. The van der Waals surface area contributed by atoms with Gasteiger partial charge in [0.25, 0.3) is 0 Å². The largest absolute Gasteiger partial charge is 0.373 e. The van der Waals surface area contributed by atoms with E-state index in [1.54, 1.807) is 0 Å². The SMILES string of the molecule is CC1NCC(=O)N1C1CCOC1(C)C. The minimum absolute atomic E-state index is 0.147. The highest BCUT2D eigenvalue weighted by Crippen LogP contribution is 2.31. The first kappa shape index (κ1) is 9.93. The summed E-state index contributed by atoms with van der Waals surface area (Å²) in [7, 11) is 0. The molecule has 0 saturated carbocycles. The van der Waals surface area contributed by atoms with Gasteiger partial charge in [0.2, 0.25) is 5.91 Å². The quantitative estimate of drug-likeness (QED) is 0.660. The van der Waals surface area contributed by atoms with Crippen LogP contribution in [0.4, 0.5) is 0 Å². The molecule has 0 bridgehead atoms. The van der Waals surface area contributed by atoms with E-state index in [0.29, 0.717) is 6.54 Å². The summed E-state index contributed by atoms with van der Waals surface area (Å²) in [6.45, 7) is 7.37. The van der Waals surface area contributed by atoms with E-state index in [2.05, 4.69) is 19.2 Å². The van der Waals surface area contributed by atoms with Crippen LogP contribution in [0.5, 0.6) is 0 Å². The van der Waals surface area contributed by atoms with Gasteiger partial charge in [-0.25, -0.2) is 0 Å². The molecule has 0 spiro atoms. The molecular weight excluding hydrogens is 180 g/mol. The molecule has 1 N–H and O–H groups in total. The standard InChI is InChI=1S/C10H18N2O2/c1-7-11-6-9(13)12(7)8-4-5-14-10(8,2)3/h7-8,11H,4-6H2,1-3H3. The third-order valence-electron chi connectivity index (χ3n) is 3.26. The smallest absolute Gasteiger partial charge is 0.238 e. The summed E-state index contributed by atoms with van der Waals surface area (Å²) in [5, 5.41) is 3.15. The maximum absolute atomic E-state index is 11.7. The van der Waals surface area contributed by atoms with E-state index in [9.17, 15) is 4.79 Å². The van der Waals surface area contributed by atoms with Gasteiger partial charge in [-0.3, -0.25) is 10.1 Å². The number of nitrogens with one attached hydrogen (secondary N) is 1. The fourth-order valence-electron chi connectivity index (χ4n) is 2.44. The average Bonchev–Trinajstić information content (AvgIpc) is 2.57. The molecule has 0 aromatic heterocycles. The summed E-state index contributed by atoms with van der Waals surface area (Å²) in [4.78, 5) is 13.6. The number of ether oxygens (including phenoxy) is 1. The second kappa shape index (κ2) is 3.21. The zero-order chi connectivity index (χ0) is 10.3. The van der Waals surface area contributed by atoms with Crippen molar-refractivity contribution in [3.05, 3.63) is 0 Å². The highest BCUT2D eigenvalue weighted by Gasteiger charge is 2.45. The third-order valence-corrected chi connectivity index (χ3v) is 3.26. The van der Waals surface area contributed by atoms with Gasteiger partial charge in [0.05, 0.1) is 24.4 Å². The molecule has 4 heteroatoms. The zero-order valence-electron chi connectivity index (χ0n) is 9.04. The van der Waals surface area contributed by atoms with Crippen molar-refractivity contribution in [2.45, 2.75) is 45.0 Å². The van der Waals surface area contributed by atoms with Gasteiger partial charge in [0.15, 0.2) is 0 Å². The van der Waals surface area contributed by atoms with Gasteiger partial charge in [0.1, 0.15) is 0 Å². The molecule has 80 valence electrons. The van der Waals surface area contributed by atoms with E-state index in [1.165, 1.54) is 0 Å². The number of rotatable bonds is 1. The number of carbonyl (C=O) groups is 1. The van der Waals surface area contributed by atoms with Crippen LogP contribution in [-0.2, 0) is 9.53 Å². The van der Waals surface area contributed by atoms with Crippen LogP contribution in [-0.4, -0.2) is 41.8 Å². The highest BCUT2D eigenvalue weighted by atomic mass is 16.5. The summed E-state index contributed by atoms with van der Waals surface area (Å²) < 4.78 is 5.64. The van der Waals surface area contributed by atoms with Gasteiger partial charge < -0.3 is 9.64 Å². The van der Waals surface area contributed by atoms with Crippen molar-refractivity contribution < 1.29 is 9.53 Å². The second-order valence-corrected chi connectivity index (χ2v) is 4.61. The first-order chi connectivity index (χ1) is 6.52. The Kier molecular flexibility index (Phi) is 2.27. The summed E-state index contributed by atoms with van der Waals surface area (Å²) in [6.07, 6.45) is 1.10. The van der Waals surface area contributed by atoms with E-state index < -0.39 is 0 Å². The average molecular weight is 198 g/mol. The maximum atomic E-state index is 11.7. The van der Waals surface area contributed by atoms with Crippen LogP contribution in [0.25, 0.3) is 0 Å². The lowest BCUT2D eigenvalue weighted by Gasteiger charge is -2.35. The van der Waals surface area contributed by atoms with Crippen LogP contribution >= 0.6 is 0 Å². The topological polar surface area (TPSA) is 41.6 Å². The molecule has 0 aliphatic carbocycles. The molecule has 2 saturated heterocycles. The molecule has 1 amide bonds. The molecule has 0 aromatic rings. The Labute approximate surface area is 84.6 Å². The number of carbonyl (C=O) groups excluding carboxylic acids is 1. The number of hydrogen-bond acceptors (Lipinski definition) is 3. The minimum Gasteiger partial charge on any atom is -0.373 e. The van der Waals surface area contributed by atoms with E-state index in [-0.39, 0.29) is 23.7 Å². The fourth-order valence-corrected chi connectivity index (χ4v) is 2.44. The molecule has 2 atom stereocenters. The van der Waals surface area contributed by atoms with Gasteiger partial charge in [-0.2, -0.15) is 0 Å². The van der Waals surface area contributed by atoms with Gasteiger partial charge in [-0.05, 0) is 27.2 Å². The van der Waals surface area contributed by atoms with Crippen LogP contribution < -0.4 is 5.32 Å². The molecule has 2 aliphatic heterocycles. The molecule has 2 fully saturated rings. The van der Waals surface area contributed by atoms with E-state index in [4.69, 9.17) is 4.74 Å². The molecule has 2 heterocycles. The summed E-state index contributed by atoms with van der Waals surface area (Å²) >= 11 is 0. The molecule has 14 heavy (non-hydrogen) atoms. The predicted octanol–water partition coefficient (Wildman–Crippen LogP) is 0.332. The first-order valence-corrected chi connectivity index (χ1v) is 5.21. The lowest BCUT2D eigenvalue weighted by Crippen LogP contribution is -2.51. The third kappa shape index (κ3) is 1.42. The molecular formula is C10H18N2O2. The van der Waals surface area contributed by atoms with Crippen LogP contribution in [0.3, 0.4) is 0 Å². The second-order valence-electron chi connectivity index (χ2n) is 4.61. The molecule has 0 aromatic carbocycles. The Balaban J connectivity index is 2.17. The van der Waals surface area contributed by atoms with Crippen LogP contribution in [0.2, 0.25) is 0 Å². The zero-order valence-corrected chi connectivity index (χ0v) is 9.04. The van der Waals surface area contributed by atoms with Gasteiger partial charge >= 0.3 is 0 Å². The van der Waals surface area contributed by atoms with Crippen molar-refractivity contribution in [1.82, 2.24) is 10.2 Å². The highest BCUT2D eigenvalue weighted by molar-refractivity contribution is 5.81. The number of hydrogen-bond donors (Lipinski definition) is 1. The van der Waals surface area contributed by atoms with E-state index in [1.807, 2.05) is 11.8 Å². The van der Waals surface area contributed by atoms with Gasteiger partial charge in [-0.1, -0.05) is 0 Å². The maximum Gasteiger partial charge on any atom is 0.238 e. The molecule has 2 rings (SSSR count). The molecule has 0 radical (unpaired) electrons.